The summed E-state index contributed by atoms with van der Waals surface area (Å²) in [7, 11) is 0. The van der Waals surface area contributed by atoms with E-state index in [0.29, 0.717) is 13.2 Å². The minimum atomic E-state index is -2.26. The van der Waals surface area contributed by atoms with Crippen LogP contribution in [0.15, 0.2) is 0 Å². The van der Waals surface area contributed by atoms with Gasteiger partial charge >= 0.3 is 144 Å². The molecule has 0 saturated heterocycles. The van der Waals surface area contributed by atoms with Crippen LogP contribution < -0.4 is 0 Å². The molecule has 0 atom stereocenters. The van der Waals surface area contributed by atoms with Gasteiger partial charge in [0.15, 0.2) is 0 Å². The van der Waals surface area contributed by atoms with Crippen LogP contribution in [0, 0.1) is 0 Å². The molecule has 0 saturated carbocycles. The maximum atomic E-state index is 7.57. The predicted octanol–water partition coefficient (Wildman–Crippen LogP) is 6.49. The predicted molar refractivity (Wildman–Crippen MR) is 104 cm³/mol. The second-order valence-electron chi connectivity index (χ2n) is 6.57. The molecular formula is C18H40ClO2P. The molecule has 0 N–H and O–H groups in total. The zero-order valence-corrected chi connectivity index (χ0v) is 17.4. The quantitative estimate of drug-likeness (QED) is 0.247. The van der Waals surface area contributed by atoms with Crippen LogP contribution in [0.2, 0.25) is 0 Å². The number of halogens is 1. The van der Waals surface area contributed by atoms with Gasteiger partial charge in [-0.3, -0.25) is 0 Å². The van der Waals surface area contributed by atoms with Gasteiger partial charge in [-0.05, 0) is 0 Å². The van der Waals surface area contributed by atoms with E-state index in [-0.39, 0.29) is 6.29 Å². The fraction of sp³-hybridized carbons (Fsp3) is 1.00. The first-order chi connectivity index (χ1) is 10.5. The van der Waals surface area contributed by atoms with Crippen molar-refractivity contribution in [2.45, 2.75) is 79.4 Å². The number of rotatable bonds is 15. The van der Waals surface area contributed by atoms with Crippen molar-refractivity contribution >= 4 is 17.2 Å². The van der Waals surface area contributed by atoms with E-state index in [1.54, 1.807) is 0 Å². The normalized spacial score (nSPS) is 14.2. The molecule has 0 heterocycles. The number of ether oxygens (including phenoxy) is 2. The zero-order valence-electron chi connectivity index (χ0n) is 15.7. The van der Waals surface area contributed by atoms with Crippen LogP contribution in [-0.2, 0) is 9.47 Å². The molecule has 0 bridgehead atoms. The van der Waals surface area contributed by atoms with E-state index in [1.807, 2.05) is 13.8 Å². The molecular weight excluding hydrogens is 315 g/mol. The standard InChI is InChI=1S/C18H40ClO2P/c1-6-11-14-22(19,15-12-7-2,16-13-8-3)17-18(20-9-4)21-10-5/h18H,6-17H2,1-5H3. The van der Waals surface area contributed by atoms with Gasteiger partial charge in [0.2, 0.25) is 0 Å². The molecule has 0 amide bonds. The summed E-state index contributed by atoms with van der Waals surface area (Å²) in [5, 5.41) is 0. The van der Waals surface area contributed by atoms with Crippen LogP contribution in [0.3, 0.4) is 0 Å². The Morgan fingerprint density at radius 2 is 1.09 bits per heavy atom. The van der Waals surface area contributed by atoms with Crippen molar-refractivity contribution in [3.8, 4) is 0 Å². The first-order valence-electron chi connectivity index (χ1n) is 9.43. The van der Waals surface area contributed by atoms with Crippen molar-refractivity contribution in [2.75, 3.05) is 37.9 Å². The van der Waals surface area contributed by atoms with Crippen LogP contribution in [0.4, 0.5) is 0 Å². The second kappa shape index (κ2) is 12.1. The Morgan fingerprint density at radius 1 is 0.727 bits per heavy atom. The molecule has 0 rings (SSSR count). The Labute approximate surface area is 144 Å². The molecule has 22 heavy (non-hydrogen) atoms. The van der Waals surface area contributed by atoms with E-state index >= 15 is 0 Å². The molecule has 4 heteroatoms. The van der Waals surface area contributed by atoms with Crippen molar-refractivity contribution in [1.29, 1.82) is 0 Å². The summed E-state index contributed by atoms with van der Waals surface area (Å²) >= 11 is 7.57. The van der Waals surface area contributed by atoms with Gasteiger partial charge in [0.05, 0.1) is 0 Å². The summed E-state index contributed by atoms with van der Waals surface area (Å²) in [4.78, 5) is 0. The Bertz CT molecular complexity index is 243. The van der Waals surface area contributed by atoms with Crippen LogP contribution >= 0.6 is 17.2 Å². The van der Waals surface area contributed by atoms with Gasteiger partial charge in [-0.25, -0.2) is 0 Å². The molecule has 0 aliphatic heterocycles. The van der Waals surface area contributed by atoms with E-state index in [1.165, 1.54) is 57.0 Å². The Morgan fingerprint density at radius 3 is 1.36 bits per heavy atom. The summed E-state index contributed by atoms with van der Waals surface area (Å²) in [6.45, 7) is 12.3. The van der Waals surface area contributed by atoms with E-state index in [4.69, 9.17) is 20.7 Å². The molecule has 0 unspecified atom stereocenters. The van der Waals surface area contributed by atoms with Crippen molar-refractivity contribution in [2.24, 2.45) is 0 Å². The molecule has 0 aliphatic carbocycles. The average Bonchev–Trinajstić information content (AvgIpc) is 2.50. The minimum absolute atomic E-state index is 0.115. The average molecular weight is 355 g/mol. The molecule has 0 aromatic heterocycles. The van der Waals surface area contributed by atoms with Crippen molar-refractivity contribution in [3.63, 3.8) is 0 Å². The summed E-state index contributed by atoms with van der Waals surface area (Å²) in [6, 6.07) is 0. The molecule has 0 aromatic rings. The fourth-order valence-electron chi connectivity index (χ4n) is 3.17. The number of unbranched alkanes of at least 4 members (excludes halogenated alkanes) is 3. The van der Waals surface area contributed by atoms with E-state index in [2.05, 4.69) is 20.8 Å². The van der Waals surface area contributed by atoms with E-state index in [0.717, 1.165) is 6.16 Å². The maximum absolute atomic E-state index is 7.57. The van der Waals surface area contributed by atoms with Crippen LogP contribution in [0.25, 0.3) is 0 Å². The van der Waals surface area contributed by atoms with Gasteiger partial charge < -0.3 is 0 Å². The van der Waals surface area contributed by atoms with E-state index in [9.17, 15) is 0 Å². The summed E-state index contributed by atoms with van der Waals surface area (Å²) in [6.07, 6.45) is 11.8. The Hall–Kier alpha value is 0.640. The van der Waals surface area contributed by atoms with E-state index < -0.39 is 5.96 Å². The zero-order chi connectivity index (χ0) is 16.9. The Kier molecular flexibility index (Phi) is 12.4. The van der Waals surface area contributed by atoms with Gasteiger partial charge in [0, 0.05) is 0 Å². The van der Waals surface area contributed by atoms with Crippen molar-refractivity contribution in [3.05, 3.63) is 0 Å². The number of hydrogen-bond acceptors (Lipinski definition) is 2. The van der Waals surface area contributed by atoms with Crippen LogP contribution in [0.1, 0.15) is 73.1 Å². The third-order valence-electron chi connectivity index (χ3n) is 4.52. The fourth-order valence-corrected chi connectivity index (χ4v) is 10.1. The molecule has 0 aliphatic rings. The van der Waals surface area contributed by atoms with Crippen LogP contribution in [0.5, 0.6) is 0 Å². The van der Waals surface area contributed by atoms with Gasteiger partial charge in [0.25, 0.3) is 0 Å². The first kappa shape index (κ1) is 22.6. The molecule has 136 valence electrons. The van der Waals surface area contributed by atoms with Gasteiger partial charge in [0.1, 0.15) is 0 Å². The third-order valence-corrected chi connectivity index (χ3v) is 12.0. The second-order valence-corrected chi connectivity index (χ2v) is 14.8. The molecule has 0 spiro atoms. The molecule has 0 aromatic carbocycles. The first-order valence-corrected chi connectivity index (χ1v) is 13.3. The SMILES string of the molecule is CCCCP(Cl)(CCCC)(CCCC)CC(OCC)OCC. The van der Waals surface area contributed by atoms with Crippen molar-refractivity contribution < 1.29 is 9.47 Å². The summed E-state index contributed by atoms with van der Waals surface area (Å²) < 4.78 is 11.7. The van der Waals surface area contributed by atoms with Gasteiger partial charge in [-0.15, -0.1) is 0 Å². The van der Waals surface area contributed by atoms with Gasteiger partial charge in [-0.2, -0.15) is 0 Å². The monoisotopic (exact) mass is 354 g/mol. The topological polar surface area (TPSA) is 18.5 Å². The van der Waals surface area contributed by atoms with Crippen LogP contribution in [-0.4, -0.2) is 44.2 Å². The summed E-state index contributed by atoms with van der Waals surface area (Å²) in [5.41, 5.74) is 0. The number of hydrogen-bond donors (Lipinski definition) is 0. The molecule has 0 radical (unpaired) electrons. The summed E-state index contributed by atoms with van der Waals surface area (Å²) in [5.74, 6) is -2.26. The van der Waals surface area contributed by atoms with Gasteiger partial charge in [-0.1, -0.05) is 0 Å². The Balaban J connectivity index is 5.26. The third kappa shape index (κ3) is 8.48. The molecule has 2 nitrogen and oxygen atoms in total. The molecule has 0 fully saturated rings. The van der Waals surface area contributed by atoms with Crippen molar-refractivity contribution in [1.82, 2.24) is 0 Å².